The summed E-state index contributed by atoms with van der Waals surface area (Å²) in [5, 5.41) is 10.2. The van der Waals surface area contributed by atoms with Crippen molar-refractivity contribution in [2.75, 3.05) is 0 Å². The quantitative estimate of drug-likeness (QED) is 0.644. The molecule has 0 bridgehead atoms. The Morgan fingerprint density at radius 3 is 2.85 bits per heavy atom. The lowest BCUT2D eigenvalue weighted by molar-refractivity contribution is 0.0386. The van der Waals surface area contributed by atoms with Crippen molar-refractivity contribution in [3.63, 3.8) is 0 Å². The zero-order valence-electron chi connectivity index (χ0n) is 8.30. The van der Waals surface area contributed by atoms with Gasteiger partial charge >= 0.3 is 0 Å². The maximum atomic E-state index is 10.2. The predicted molar refractivity (Wildman–Crippen MR) is 53.7 cm³/mol. The summed E-state index contributed by atoms with van der Waals surface area (Å²) in [6.45, 7) is 4.05. The van der Waals surface area contributed by atoms with Crippen LogP contribution in [0.1, 0.15) is 36.5 Å². The van der Waals surface area contributed by atoms with Crippen LogP contribution in [-0.4, -0.2) is 5.11 Å². The van der Waals surface area contributed by atoms with E-state index in [-0.39, 0.29) is 0 Å². The van der Waals surface area contributed by atoms with Crippen LogP contribution in [0.3, 0.4) is 0 Å². The lowest BCUT2D eigenvalue weighted by Gasteiger charge is -2.31. The van der Waals surface area contributed by atoms with Crippen molar-refractivity contribution >= 4 is 0 Å². The first-order valence-electron chi connectivity index (χ1n) is 4.92. The second-order valence-corrected chi connectivity index (χ2v) is 4.23. The molecule has 1 heteroatoms. The molecule has 0 saturated carbocycles. The van der Waals surface area contributed by atoms with E-state index in [1.807, 2.05) is 13.0 Å². The molecule has 0 aromatic heterocycles. The monoisotopic (exact) mass is 176 g/mol. The summed E-state index contributed by atoms with van der Waals surface area (Å²) in [5.41, 5.74) is 3.22. The molecule has 13 heavy (non-hydrogen) atoms. The smallest absolute Gasteiger partial charge is 0.0871 e. The Morgan fingerprint density at radius 1 is 1.38 bits per heavy atom. The van der Waals surface area contributed by atoms with Crippen molar-refractivity contribution in [3.05, 3.63) is 34.9 Å². The third-order valence-corrected chi connectivity index (χ3v) is 3.08. The van der Waals surface area contributed by atoms with Gasteiger partial charge < -0.3 is 5.11 Å². The Labute approximate surface area is 79.4 Å². The molecule has 1 aromatic rings. The van der Waals surface area contributed by atoms with Gasteiger partial charge in [0.1, 0.15) is 0 Å². The van der Waals surface area contributed by atoms with Gasteiger partial charge in [-0.2, -0.15) is 0 Å². The molecule has 0 heterocycles. The zero-order valence-corrected chi connectivity index (χ0v) is 8.30. The Hall–Kier alpha value is -0.820. The number of rotatable bonds is 0. The fourth-order valence-electron chi connectivity index (χ4n) is 2.28. The number of fused-ring (bicyclic) bond motifs is 1. The van der Waals surface area contributed by atoms with Crippen molar-refractivity contribution in [2.24, 2.45) is 0 Å². The fraction of sp³-hybridized carbons (Fsp3) is 0.500. The summed E-state index contributed by atoms with van der Waals surface area (Å²) < 4.78 is 0. The Morgan fingerprint density at radius 2 is 2.15 bits per heavy atom. The van der Waals surface area contributed by atoms with Crippen LogP contribution in [0.15, 0.2) is 18.2 Å². The van der Waals surface area contributed by atoms with E-state index in [0.29, 0.717) is 0 Å². The number of hydrogen-bond donors (Lipinski definition) is 1. The first kappa shape index (κ1) is 8.76. The molecule has 2 rings (SSSR count). The number of benzene rings is 1. The first-order chi connectivity index (χ1) is 6.11. The van der Waals surface area contributed by atoms with E-state index >= 15 is 0 Å². The third-order valence-electron chi connectivity index (χ3n) is 3.08. The first-order valence-corrected chi connectivity index (χ1v) is 4.92. The Balaban J connectivity index is 2.58. The molecule has 0 spiro atoms. The molecule has 1 atom stereocenters. The highest BCUT2D eigenvalue weighted by Gasteiger charge is 2.29. The third kappa shape index (κ3) is 1.37. The summed E-state index contributed by atoms with van der Waals surface area (Å²) in [5.74, 6) is 0. The van der Waals surface area contributed by atoms with Crippen LogP contribution in [0.2, 0.25) is 0 Å². The molecule has 1 aliphatic carbocycles. The second-order valence-electron chi connectivity index (χ2n) is 4.23. The maximum Gasteiger partial charge on any atom is 0.0871 e. The molecule has 1 unspecified atom stereocenters. The molecule has 1 nitrogen and oxygen atoms in total. The summed E-state index contributed by atoms with van der Waals surface area (Å²) >= 11 is 0. The minimum absolute atomic E-state index is 0.598. The van der Waals surface area contributed by atoms with Gasteiger partial charge in [0.25, 0.3) is 0 Å². The molecule has 1 aliphatic rings. The van der Waals surface area contributed by atoms with Crippen LogP contribution in [-0.2, 0) is 12.0 Å². The standard InChI is InChI=1S/C12H16O/c1-9-5-3-7-11-10(9)6-4-8-12(11,2)13/h3,5,7,13H,4,6,8H2,1-2H3. The van der Waals surface area contributed by atoms with Gasteiger partial charge in [0.15, 0.2) is 0 Å². The summed E-state index contributed by atoms with van der Waals surface area (Å²) in [6.07, 6.45) is 3.12. The van der Waals surface area contributed by atoms with Gasteiger partial charge in [-0.3, -0.25) is 0 Å². The predicted octanol–water partition coefficient (Wildman–Crippen LogP) is 2.54. The van der Waals surface area contributed by atoms with Gasteiger partial charge in [-0.25, -0.2) is 0 Å². The highest BCUT2D eigenvalue weighted by Crippen LogP contribution is 2.35. The topological polar surface area (TPSA) is 20.2 Å². The minimum atomic E-state index is -0.598. The normalized spacial score (nSPS) is 27.0. The van der Waals surface area contributed by atoms with E-state index < -0.39 is 5.60 Å². The highest BCUT2D eigenvalue weighted by atomic mass is 16.3. The molecule has 0 fully saturated rings. The van der Waals surface area contributed by atoms with E-state index in [9.17, 15) is 5.11 Å². The van der Waals surface area contributed by atoms with Crippen molar-refractivity contribution in [1.29, 1.82) is 0 Å². The molecule has 1 aromatic carbocycles. The number of aryl methyl sites for hydroxylation is 1. The van der Waals surface area contributed by atoms with E-state index in [1.165, 1.54) is 11.1 Å². The van der Waals surface area contributed by atoms with Gasteiger partial charge in [0.2, 0.25) is 0 Å². The molecule has 0 saturated heterocycles. The van der Waals surface area contributed by atoms with E-state index in [0.717, 1.165) is 24.8 Å². The summed E-state index contributed by atoms with van der Waals surface area (Å²) in [7, 11) is 0. The summed E-state index contributed by atoms with van der Waals surface area (Å²) in [4.78, 5) is 0. The van der Waals surface area contributed by atoms with Crippen molar-refractivity contribution in [3.8, 4) is 0 Å². The molecule has 0 amide bonds. The zero-order chi connectivity index (χ0) is 9.47. The number of aliphatic hydroxyl groups is 1. The van der Waals surface area contributed by atoms with Crippen molar-refractivity contribution in [2.45, 2.75) is 38.7 Å². The Kier molecular flexibility index (Phi) is 1.92. The van der Waals surface area contributed by atoms with Gasteiger partial charge in [-0.05, 0) is 49.8 Å². The van der Waals surface area contributed by atoms with Gasteiger partial charge in [0, 0.05) is 0 Å². The minimum Gasteiger partial charge on any atom is -0.385 e. The van der Waals surface area contributed by atoms with Crippen LogP contribution in [0.25, 0.3) is 0 Å². The van der Waals surface area contributed by atoms with Crippen molar-refractivity contribution in [1.82, 2.24) is 0 Å². The van der Waals surface area contributed by atoms with Crippen LogP contribution in [0.4, 0.5) is 0 Å². The van der Waals surface area contributed by atoms with Gasteiger partial charge in [-0.15, -0.1) is 0 Å². The lowest BCUT2D eigenvalue weighted by Crippen LogP contribution is -2.27. The fourth-order valence-corrected chi connectivity index (χ4v) is 2.28. The molecule has 0 aliphatic heterocycles. The van der Waals surface area contributed by atoms with Crippen LogP contribution < -0.4 is 0 Å². The molecule has 70 valence electrons. The van der Waals surface area contributed by atoms with Gasteiger partial charge in [-0.1, -0.05) is 18.2 Å². The lowest BCUT2D eigenvalue weighted by atomic mass is 9.79. The van der Waals surface area contributed by atoms with E-state index in [2.05, 4.69) is 19.1 Å². The molecular weight excluding hydrogens is 160 g/mol. The summed E-state index contributed by atoms with van der Waals surface area (Å²) in [6, 6.07) is 6.22. The molecular formula is C12H16O. The highest BCUT2D eigenvalue weighted by molar-refractivity contribution is 5.39. The van der Waals surface area contributed by atoms with Crippen LogP contribution in [0, 0.1) is 6.92 Å². The van der Waals surface area contributed by atoms with Crippen molar-refractivity contribution < 1.29 is 5.11 Å². The van der Waals surface area contributed by atoms with Gasteiger partial charge in [0.05, 0.1) is 5.60 Å². The number of hydrogen-bond acceptors (Lipinski definition) is 1. The molecule has 1 N–H and O–H groups in total. The SMILES string of the molecule is Cc1cccc2c1CCCC2(C)O. The van der Waals surface area contributed by atoms with E-state index in [4.69, 9.17) is 0 Å². The average Bonchev–Trinajstić information content (AvgIpc) is 2.06. The molecule has 0 radical (unpaired) electrons. The van der Waals surface area contributed by atoms with Crippen LogP contribution in [0.5, 0.6) is 0 Å². The second kappa shape index (κ2) is 2.85. The van der Waals surface area contributed by atoms with E-state index in [1.54, 1.807) is 0 Å². The van der Waals surface area contributed by atoms with Crippen LogP contribution >= 0.6 is 0 Å². The Bertz CT molecular complexity index is 326. The maximum absolute atomic E-state index is 10.2. The average molecular weight is 176 g/mol. The largest absolute Gasteiger partial charge is 0.385 e.